The van der Waals surface area contributed by atoms with Gasteiger partial charge in [0.2, 0.25) is 0 Å². The smallest absolute Gasteiger partial charge is 0.0446 e. The summed E-state index contributed by atoms with van der Waals surface area (Å²) in [5.74, 6) is 0. The van der Waals surface area contributed by atoms with E-state index in [1.165, 1.54) is 16.7 Å². The molecule has 2 aromatic rings. The molecule has 88 valence electrons. The Kier molecular flexibility index (Phi) is 4.41. The van der Waals surface area contributed by atoms with Gasteiger partial charge >= 0.3 is 0 Å². The lowest BCUT2D eigenvalue weighted by Gasteiger charge is -2.12. The highest BCUT2D eigenvalue weighted by atomic mass is 79.9. The molecular weight excluding hydrogens is 340 g/mol. The van der Waals surface area contributed by atoms with Gasteiger partial charge in [-0.2, -0.15) is 0 Å². The molecule has 0 aliphatic rings. The average molecular weight is 354 g/mol. The van der Waals surface area contributed by atoms with Crippen LogP contribution in [-0.2, 0) is 6.42 Å². The minimum Gasteiger partial charge on any atom is -0.0835 e. The zero-order valence-electron chi connectivity index (χ0n) is 9.66. The largest absolute Gasteiger partial charge is 0.0835 e. The number of aryl methyl sites for hydroxylation is 1. The standard InChI is InChI=1S/C15H14Br2/c1-11-6-8-12(9-7-11)10-15(17)13-4-2-3-5-14(13)16/h2-9,15H,10H2,1H3. The van der Waals surface area contributed by atoms with Crippen molar-refractivity contribution in [3.8, 4) is 0 Å². The van der Waals surface area contributed by atoms with Gasteiger partial charge in [-0.15, -0.1) is 0 Å². The third-order valence-corrected chi connectivity index (χ3v) is 4.32. The van der Waals surface area contributed by atoms with E-state index >= 15 is 0 Å². The van der Waals surface area contributed by atoms with E-state index in [2.05, 4.69) is 81.2 Å². The molecule has 0 aliphatic heterocycles. The lowest BCUT2D eigenvalue weighted by molar-refractivity contribution is 0.942. The van der Waals surface area contributed by atoms with Crippen molar-refractivity contribution < 1.29 is 0 Å². The Hall–Kier alpha value is -0.600. The van der Waals surface area contributed by atoms with E-state index in [9.17, 15) is 0 Å². The van der Waals surface area contributed by atoms with Crippen LogP contribution in [-0.4, -0.2) is 0 Å². The van der Waals surface area contributed by atoms with Crippen LogP contribution in [0.3, 0.4) is 0 Å². The van der Waals surface area contributed by atoms with Crippen molar-refractivity contribution in [1.82, 2.24) is 0 Å². The summed E-state index contributed by atoms with van der Waals surface area (Å²) in [5.41, 5.74) is 3.96. The maximum atomic E-state index is 3.76. The average Bonchev–Trinajstić information content (AvgIpc) is 2.32. The molecule has 2 rings (SSSR count). The third-order valence-electron chi connectivity index (χ3n) is 2.78. The monoisotopic (exact) mass is 352 g/mol. The van der Waals surface area contributed by atoms with E-state index in [0.717, 1.165) is 10.9 Å². The Morgan fingerprint density at radius 2 is 1.65 bits per heavy atom. The van der Waals surface area contributed by atoms with Gasteiger partial charge < -0.3 is 0 Å². The van der Waals surface area contributed by atoms with E-state index in [0.29, 0.717) is 4.83 Å². The second kappa shape index (κ2) is 5.83. The molecule has 0 radical (unpaired) electrons. The molecule has 2 aromatic carbocycles. The van der Waals surface area contributed by atoms with E-state index in [1.807, 2.05) is 6.07 Å². The van der Waals surface area contributed by atoms with Crippen molar-refractivity contribution in [2.75, 3.05) is 0 Å². The van der Waals surface area contributed by atoms with Crippen molar-refractivity contribution in [1.29, 1.82) is 0 Å². The predicted molar refractivity (Wildman–Crippen MR) is 80.7 cm³/mol. The Morgan fingerprint density at radius 1 is 1.00 bits per heavy atom. The SMILES string of the molecule is Cc1ccc(CC(Br)c2ccccc2Br)cc1. The number of alkyl halides is 1. The fourth-order valence-electron chi connectivity index (χ4n) is 1.77. The number of hydrogen-bond acceptors (Lipinski definition) is 0. The summed E-state index contributed by atoms with van der Waals surface area (Å²) >= 11 is 7.35. The van der Waals surface area contributed by atoms with E-state index in [-0.39, 0.29) is 0 Å². The zero-order chi connectivity index (χ0) is 12.3. The molecule has 17 heavy (non-hydrogen) atoms. The van der Waals surface area contributed by atoms with Gasteiger partial charge in [-0.25, -0.2) is 0 Å². The highest BCUT2D eigenvalue weighted by Crippen LogP contribution is 2.32. The molecule has 0 aliphatic carbocycles. The van der Waals surface area contributed by atoms with E-state index < -0.39 is 0 Å². The number of halogens is 2. The Bertz CT molecular complexity index is 489. The van der Waals surface area contributed by atoms with Gasteiger partial charge in [0.05, 0.1) is 0 Å². The fraction of sp³-hybridized carbons (Fsp3) is 0.200. The van der Waals surface area contributed by atoms with Crippen molar-refractivity contribution in [2.24, 2.45) is 0 Å². The highest BCUT2D eigenvalue weighted by Gasteiger charge is 2.11. The van der Waals surface area contributed by atoms with Gasteiger partial charge in [-0.3, -0.25) is 0 Å². The first-order chi connectivity index (χ1) is 8.16. The van der Waals surface area contributed by atoms with Gasteiger partial charge in [0.15, 0.2) is 0 Å². The van der Waals surface area contributed by atoms with E-state index in [4.69, 9.17) is 0 Å². The van der Waals surface area contributed by atoms with Crippen molar-refractivity contribution >= 4 is 31.9 Å². The Morgan fingerprint density at radius 3 is 2.29 bits per heavy atom. The summed E-state index contributed by atoms with van der Waals surface area (Å²) in [7, 11) is 0. The lowest BCUT2D eigenvalue weighted by Crippen LogP contribution is -1.96. The van der Waals surface area contributed by atoms with Crippen molar-refractivity contribution in [3.05, 3.63) is 69.7 Å². The van der Waals surface area contributed by atoms with Gasteiger partial charge in [0.1, 0.15) is 0 Å². The predicted octanol–water partition coefficient (Wildman–Crippen LogP) is 5.44. The molecule has 0 nitrogen and oxygen atoms in total. The van der Waals surface area contributed by atoms with Gasteiger partial charge in [-0.05, 0) is 30.5 Å². The number of hydrogen-bond donors (Lipinski definition) is 0. The van der Waals surface area contributed by atoms with Crippen LogP contribution in [0.15, 0.2) is 53.0 Å². The van der Waals surface area contributed by atoms with Crippen LogP contribution in [0, 0.1) is 6.92 Å². The minimum absolute atomic E-state index is 0.348. The first-order valence-corrected chi connectivity index (χ1v) is 7.32. The van der Waals surface area contributed by atoms with Crippen molar-refractivity contribution in [2.45, 2.75) is 18.2 Å². The van der Waals surface area contributed by atoms with Crippen LogP contribution < -0.4 is 0 Å². The first-order valence-electron chi connectivity index (χ1n) is 5.61. The van der Waals surface area contributed by atoms with Gasteiger partial charge in [-0.1, -0.05) is 79.9 Å². The second-order valence-corrected chi connectivity index (χ2v) is 6.14. The number of rotatable bonds is 3. The normalized spacial score (nSPS) is 12.4. The highest BCUT2D eigenvalue weighted by molar-refractivity contribution is 9.11. The summed E-state index contributed by atoms with van der Waals surface area (Å²) in [6, 6.07) is 17.1. The third kappa shape index (κ3) is 3.43. The molecule has 1 unspecified atom stereocenters. The molecule has 0 heterocycles. The minimum atomic E-state index is 0.348. The molecule has 0 amide bonds. The summed E-state index contributed by atoms with van der Waals surface area (Å²) in [6.45, 7) is 2.11. The number of benzene rings is 2. The maximum Gasteiger partial charge on any atom is 0.0446 e. The van der Waals surface area contributed by atoms with Crippen LogP contribution >= 0.6 is 31.9 Å². The molecule has 0 N–H and O–H groups in total. The topological polar surface area (TPSA) is 0 Å². The molecular formula is C15H14Br2. The second-order valence-electron chi connectivity index (χ2n) is 4.18. The Labute approximate surface area is 119 Å². The van der Waals surface area contributed by atoms with E-state index in [1.54, 1.807) is 0 Å². The Balaban J connectivity index is 2.14. The fourth-order valence-corrected chi connectivity index (χ4v) is 3.41. The summed E-state index contributed by atoms with van der Waals surface area (Å²) in [6.07, 6.45) is 1.00. The first kappa shape index (κ1) is 12.8. The summed E-state index contributed by atoms with van der Waals surface area (Å²) < 4.78 is 1.16. The zero-order valence-corrected chi connectivity index (χ0v) is 12.8. The lowest BCUT2D eigenvalue weighted by atomic mass is 10.0. The quantitative estimate of drug-likeness (QED) is 0.645. The van der Waals surface area contributed by atoms with Crippen LogP contribution in [0.25, 0.3) is 0 Å². The molecule has 1 atom stereocenters. The van der Waals surface area contributed by atoms with Crippen LogP contribution in [0.2, 0.25) is 0 Å². The maximum absolute atomic E-state index is 3.76. The summed E-state index contributed by atoms with van der Waals surface area (Å²) in [4.78, 5) is 0.348. The molecule has 0 aromatic heterocycles. The van der Waals surface area contributed by atoms with Gasteiger partial charge in [0.25, 0.3) is 0 Å². The molecule has 0 bridgehead atoms. The summed E-state index contributed by atoms with van der Waals surface area (Å²) in [5, 5.41) is 0. The van der Waals surface area contributed by atoms with Crippen LogP contribution in [0.5, 0.6) is 0 Å². The molecule has 0 spiro atoms. The van der Waals surface area contributed by atoms with Crippen molar-refractivity contribution in [3.63, 3.8) is 0 Å². The molecule has 0 saturated carbocycles. The van der Waals surface area contributed by atoms with Crippen LogP contribution in [0.4, 0.5) is 0 Å². The molecule has 0 fully saturated rings. The van der Waals surface area contributed by atoms with Crippen LogP contribution in [0.1, 0.15) is 21.5 Å². The molecule has 2 heteroatoms. The van der Waals surface area contributed by atoms with Gasteiger partial charge in [0, 0.05) is 9.30 Å². The molecule has 0 saturated heterocycles.